The SMILES string of the molecule is CCOc1ccc(N2C(=O)C(Nc3cc(C)ccc3C)=C(c3cccs3)C2=O)cc1. The van der Waals surface area contributed by atoms with E-state index in [0.29, 0.717) is 29.3 Å². The Kier molecular flexibility index (Phi) is 5.42. The molecule has 0 fully saturated rings. The molecule has 1 N–H and O–H groups in total. The second kappa shape index (κ2) is 8.16. The minimum Gasteiger partial charge on any atom is -0.494 e. The number of hydrogen-bond donors (Lipinski definition) is 1. The van der Waals surface area contributed by atoms with Gasteiger partial charge in [-0.25, -0.2) is 4.90 Å². The van der Waals surface area contributed by atoms with Crippen LogP contribution in [0.15, 0.2) is 65.7 Å². The zero-order chi connectivity index (χ0) is 21.3. The van der Waals surface area contributed by atoms with Gasteiger partial charge in [-0.05, 0) is 73.7 Å². The Hall–Kier alpha value is -3.38. The van der Waals surface area contributed by atoms with E-state index in [9.17, 15) is 9.59 Å². The molecule has 5 nitrogen and oxygen atoms in total. The zero-order valence-corrected chi connectivity index (χ0v) is 17.9. The first-order chi connectivity index (χ1) is 14.5. The number of nitrogens with zero attached hydrogens (tertiary/aromatic N) is 1. The molecule has 0 aliphatic carbocycles. The van der Waals surface area contributed by atoms with Crippen LogP contribution in [0, 0.1) is 13.8 Å². The number of carbonyl (C=O) groups excluding carboxylic acids is 2. The van der Waals surface area contributed by atoms with Gasteiger partial charge in [-0.1, -0.05) is 18.2 Å². The highest BCUT2D eigenvalue weighted by Crippen LogP contribution is 2.36. The van der Waals surface area contributed by atoms with Crippen LogP contribution in [-0.2, 0) is 9.59 Å². The fraction of sp³-hybridized carbons (Fsp3) is 0.167. The van der Waals surface area contributed by atoms with E-state index in [0.717, 1.165) is 21.7 Å². The van der Waals surface area contributed by atoms with Gasteiger partial charge in [0.15, 0.2) is 0 Å². The maximum absolute atomic E-state index is 13.4. The standard InChI is InChI=1S/C24H22N2O3S/c1-4-29-18-11-9-17(10-12-18)26-23(27)21(20-6-5-13-30-20)22(24(26)28)25-19-14-15(2)7-8-16(19)3/h5-14,25H,4H2,1-3H3. The van der Waals surface area contributed by atoms with Gasteiger partial charge in [0.25, 0.3) is 11.8 Å². The van der Waals surface area contributed by atoms with Crippen molar-refractivity contribution in [1.29, 1.82) is 0 Å². The number of carbonyl (C=O) groups is 2. The van der Waals surface area contributed by atoms with Crippen molar-refractivity contribution in [3.8, 4) is 5.75 Å². The molecule has 0 atom stereocenters. The van der Waals surface area contributed by atoms with E-state index in [-0.39, 0.29) is 11.8 Å². The molecule has 4 rings (SSSR count). The Labute approximate surface area is 179 Å². The molecule has 0 unspecified atom stereocenters. The van der Waals surface area contributed by atoms with E-state index in [1.54, 1.807) is 24.3 Å². The molecule has 2 aromatic carbocycles. The summed E-state index contributed by atoms with van der Waals surface area (Å²) in [5.74, 6) is -0.00611. The van der Waals surface area contributed by atoms with Crippen LogP contribution in [0.3, 0.4) is 0 Å². The molecule has 2 amide bonds. The van der Waals surface area contributed by atoms with Crippen LogP contribution in [0.1, 0.15) is 22.9 Å². The lowest BCUT2D eigenvalue weighted by atomic mass is 10.1. The maximum atomic E-state index is 13.4. The number of imide groups is 1. The molecule has 0 bridgehead atoms. The van der Waals surface area contributed by atoms with Crippen LogP contribution < -0.4 is 15.0 Å². The van der Waals surface area contributed by atoms with Crippen molar-refractivity contribution in [2.45, 2.75) is 20.8 Å². The summed E-state index contributed by atoms with van der Waals surface area (Å²) in [6.07, 6.45) is 0. The predicted octanol–water partition coefficient (Wildman–Crippen LogP) is 5.16. The monoisotopic (exact) mass is 418 g/mol. The van der Waals surface area contributed by atoms with Crippen molar-refractivity contribution >= 4 is 40.1 Å². The molecule has 0 saturated carbocycles. The van der Waals surface area contributed by atoms with Gasteiger partial charge in [0.1, 0.15) is 11.4 Å². The first kappa shape index (κ1) is 19.9. The molecule has 1 aliphatic heterocycles. The lowest BCUT2D eigenvalue weighted by molar-refractivity contribution is -0.120. The summed E-state index contributed by atoms with van der Waals surface area (Å²) in [7, 11) is 0. The minimum atomic E-state index is -0.367. The van der Waals surface area contributed by atoms with Gasteiger partial charge in [0.2, 0.25) is 0 Å². The molecule has 30 heavy (non-hydrogen) atoms. The largest absolute Gasteiger partial charge is 0.494 e. The van der Waals surface area contributed by atoms with Crippen LogP contribution in [0.25, 0.3) is 5.57 Å². The van der Waals surface area contributed by atoms with Gasteiger partial charge in [-0.15, -0.1) is 11.3 Å². The highest BCUT2D eigenvalue weighted by atomic mass is 32.1. The molecule has 3 aromatic rings. The number of rotatable bonds is 6. The van der Waals surface area contributed by atoms with Crippen molar-refractivity contribution in [3.63, 3.8) is 0 Å². The lowest BCUT2D eigenvalue weighted by Gasteiger charge is -2.16. The first-order valence-corrected chi connectivity index (χ1v) is 10.6. The Bertz CT molecular complexity index is 1130. The summed E-state index contributed by atoms with van der Waals surface area (Å²) in [6, 6.07) is 16.7. The molecular weight excluding hydrogens is 396 g/mol. The number of hydrogen-bond acceptors (Lipinski definition) is 5. The summed E-state index contributed by atoms with van der Waals surface area (Å²) in [5, 5.41) is 5.15. The molecule has 2 heterocycles. The number of ether oxygens (including phenoxy) is 1. The third-order valence-electron chi connectivity index (χ3n) is 4.91. The molecular formula is C24H22N2O3S. The number of benzene rings is 2. The van der Waals surface area contributed by atoms with Crippen LogP contribution in [0.5, 0.6) is 5.75 Å². The van der Waals surface area contributed by atoms with Gasteiger partial charge in [-0.2, -0.15) is 0 Å². The molecule has 6 heteroatoms. The van der Waals surface area contributed by atoms with Gasteiger partial charge < -0.3 is 10.1 Å². The molecule has 1 aromatic heterocycles. The van der Waals surface area contributed by atoms with Crippen molar-refractivity contribution in [2.24, 2.45) is 0 Å². The Morgan fingerprint density at radius 3 is 2.43 bits per heavy atom. The van der Waals surface area contributed by atoms with Crippen LogP contribution in [-0.4, -0.2) is 18.4 Å². The zero-order valence-electron chi connectivity index (χ0n) is 17.1. The number of thiophene rings is 1. The number of aryl methyl sites for hydroxylation is 2. The lowest BCUT2D eigenvalue weighted by Crippen LogP contribution is -2.32. The average molecular weight is 419 g/mol. The highest BCUT2D eigenvalue weighted by Gasteiger charge is 2.40. The predicted molar refractivity (Wildman–Crippen MR) is 121 cm³/mol. The number of nitrogens with one attached hydrogen (secondary N) is 1. The topological polar surface area (TPSA) is 58.6 Å². The van der Waals surface area contributed by atoms with E-state index in [1.165, 1.54) is 16.2 Å². The van der Waals surface area contributed by atoms with Crippen molar-refractivity contribution in [2.75, 3.05) is 16.8 Å². The van der Waals surface area contributed by atoms with Crippen molar-refractivity contribution < 1.29 is 14.3 Å². The minimum absolute atomic E-state index is 0.296. The highest BCUT2D eigenvalue weighted by molar-refractivity contribution is 7.11. The van der Waals surface area contributed by atoms with Gasteiger partial charge in [0, 0.05) is 10.6 Å². The van der Waals surface area contributed by atoms with Gasteiger partial charge in [0.05, 0.1) is 17.9 Å². The van der Waals surface area contributed by atoms with Crippen LogP contribution in [0.4, 0.5) is 11.4 Å². The molecule has 0 spiro atoms. The molecule has 1 aliphatic rings. The summed E-state index contributed by atoms with van der Waals surface area (Å²) in [4.78, 5) is 28.7. The summed E-state index contributed by atoms with van der Waals surface area (Å²) >= 11 is 1.44. The fourth-order valence-electron chi connectivity index (χ4n) is 3.39. The molecule has 0 saturated heterocycles. The van der Waals surface area contributed by atoms with E-state index in [1.807, 2.05) is 56.5 Å². The van der Waals surface area contributed by atoms with Crippen LogP contribution in [0.2, 0.25) is 0 Å². The smallest absolute Gasteiger partial charge is 0.282 e. The van der Waals surface area contributed by atoms with E-state index in [2.05, 4.69) is 5.32 Å². The average Bonchev–Trinajstić information content (AvgIpc) is 3.33. The van der Waals surface area contributed by atoms with Crippen molar-refractivity contribution in [1.82, 2.24) is 0 Å². The third kappa shape index (κ3) is 3.62. The third-order valence-corrected chi connectivity index (χ3v) is 5.80. The second-order valence-electron chi connectivity index (χ2n) is 7.04. The van der Waals surface area contributed by atoms with E-state index < -0.39 is 0 Å². The Balaban J connectivity index is 1.76. The van der Waals surface area contributed by atoms with Crippen LogP contribution >= 0.6 is 11.3 Å². The van der Waals surface area contributed by atoms with Gasteiger partial charge >= 0.3 is 0 Å². The Morgan fingerprint density at radius 1 is 1.00 bits per heavy atom. The quantitative estimate of drug-likeness (QED) is 0.562. The first-order valence-electron chi connectivity index (χ1n) is 9.73. The normalized spacial score (nSPS) is 13.9. The summed E-state index contributed by atoms with van der Waals surface area (Å²) in [6.45, 7) is 6.42. The number of amides is 2. The number of anilines is 2. The Morgan fingerprint density at radius 2 is 1.77 bits per heavy atom. The van der Waals surface area contributed by atoms with Crippen molar-refractivity contribution in [3.05, 3.63) is 81.7 Å². The summed E-state index contributed by atoms with van der Waals surface area (Å²) < 4.78 is 5.47. The fourth-order valence-corrected chi connectivity index (χ4v) is 4.16. The maximum Gasteiger partial charge on any atom is 0.282 e. The summed E-state index contributed by atoms with van der Waals surface area (Å²) in [5.41, 5.74) is 4.09. The second-order valence-corrected chi connectivity index (χ2v) is 7.99. The molecule has 152 valence electrons. The molecule has 0 radical (unpaired) electrons. The van der Waals surface area contributed by atoms with E-state index in [4.69, 9.17) is 4.74 Å². The van der Waals surface area contributed by atoms with Gasteiger partial charge in [-0.3, -0.25) is 9.59 Å². The van der Waals surface area contributed by atoms with E-state index >= 15 is 0 Å².